The van der Waals surface area contributed by atoms with Crippen molar-refractivity contribution in [2.45, 2.75) is 0 Å². The lowest BCUT2D eigenvalue weighted by atomic mass is 10.2. The molecular weight excluding hydrogens is 230 g/mol. The van der Waals surface area contributed by atoms with Crippen molar-refractivity contribution in [3.8, 4) is 0 Å². The molecule has 1 aromatic carbocycles. The molecule has 0 aliphatic rings. The van der Waals surface area contributed by atoms with Gasteiger partial charge in [-0.3, -0.25) is 4.79 Å². The summed E-state index contributed by atoms with van der Waals surface area (Å²) in [4.78, 5) is 11.4. The Hall–Kier alpha value is -2.07. The van der Waals surface area contributed by atoms with Gasteiger partial charge in [-0.1, -0.05) is 18.2 Å². The number of para-hydroxylation sites is 1. The van der Waals surface area contributed by atoms with E-state index in [0.29, 0.717) is 18.9 Å². The topological polar surface area (TPSA) is 51.5 Å². The van der Waals surface area contributed by atoms with E-state index in [4.69, 9.17) is 9.15 Å². The second kappa shape index (κ2) is 6.02. The van der Waals surface area contributed by atoms with Crippen molar-refractivity contribution >= 4 is 23.0 Å². The molecule has 0 saturated heterocycles. The Labute approximate surface area is 105 Å². The first-order valence-electron chi connectivity index (χ1n) is 5.73. The predicted molar refractivity (Wildman–Crippen MR) is 70.1 cm³/mol. The molecule has 1 amide bonds. The fourth-order valence-electron chi connectivity index (χ4n) is 1.58. The maximum atomic E-state index is 11.4. The third-order valence-electron chi connectivity index (χ3n) is 2.45. The first kappa shape index (κ1) is 12.4. The zero-order valence-electron chi connectivity index (χ0n) is 10.2. The van der Waals surface area contributed by atoms with Crippen LogP contribution < -0.4 is 5.32 Å². The van der Waals surface area contributed by atoms with Crippen LogP contribution in [0.3, 0.4) is 0 Å². The van der Waals surface area contributed by atoms with Crippen LogP contribution in [0.25, 0.3) is 17.0 Å². The fourth-order valence-corrected chi connectivity index (χ4v) is 1.58. The molecule has 0 fully saturated rings. The number of methoxy groups -OCH3 is 1. The lowest BCUT2D eigenvalue weighted by Gasteiger charge is -1.99. The van der Waals surface area contributed by atoms with Crippen LogP contribution in [0.1, 0.15) is 5.76 Å². The highest BCUT2D eigenvalue weighted by Crippen LogP contribution is 2.19. The van der Waals surface area contributed by atoms with Gasteiger partial charge >= 0.3 is 0 Å². The molecule has 0 aliphatic carbocycles. The zero-order chi connectivity index (χ0) is 12.8. The molecule has 0 bridgehead atoms. The number of furan rings is 1. The molecule has 1 heterocycles. The number of amides is 1. The van der Waals surface area contributed by atoms with Crippen LogP contribution in [-0.2, 0) is 9.53 Å². The Balaban J connectivity index is 1.98. The molecule has 0 saturated carbocycles. The molecule has 0 aliphatic heterocycles. The number of benzene rings is 1. The van der Waals surface area contributed by atoms with Crippen molar-refractivity contribution < 1.29 is 13.9 Å². The van der Waals surface area contributed by atoms with E-state index in [2.05, 4.69) is 5.32 Å². The largest absolute Gasteiger partial charge is 0.457 e. The SMILES string of the molecule is COCCNC(=O)/C=C/c1cc2ccccc2o1. The summed E-state index contributed by atoms with van der Waals surface area (Å²) in [5.74, 6) is 0.505. The van der Waals surface area contributed by atoms with Crippen LogP contribution >= 0.6 is 0 Å². The smallest absolute Gasteiger partial charge is 0.244 e. The summed E-state index contributed by atoms with van der Waals surface area (Å²) >= 11 is 0. The molecule has 1 aromatic heterocycles. The summed E-state index contributed by atoms with van der Waals surface area (Å²) in [7, 11) is 1.59. The van der Waals surface area contributed by atoms with Crippen LogP contribution in [0.15, 0.2) is 40.8 Å². The van der Waals surface area contributed by atoms with Gasteiger partial charge in [0.15, 0.2) is 0 Å². The molecule has 4 heteroatoms. The van der Waals surface area contributed by atoms with Gasteiger partial charge in [0.25, 0.3) is 0 Å². The van der Waals surface area contributed by atoms with E-state index in [0.717, 1.165) is 11.0 Å². The average Bonchev–Trinajstić information content (AvgIpc) is 2.79. The predicted octanol–water partition coefficient (Wildman–Crippen LogP) is 2.21. The first-order valence-corrected chi connectivity index (χ1v) is 5.73. The van der Waals surface area contributed by atoms with Crippen molar-refractivity contribution in [1.29, 1.82) is 0 Å². The number of ether oxygens (including phenoxy) is 1. The van der Waals surface area contributed by atoms with Crippen molar-refractivity contribution in [3.05, 3.63) is 42.2 Å². The second-order valence-corrected chi connectivity index (χ2v) is 3.80. The average molecular weight is 245 g/mol. The maximum absolute atomic E-state index is 11.4. The van der Waals surface area contributed by atoms with Gasteiger partial charge in [-0.25, -0.2) is 0 Å². The molecule has 0 unspecified atom stereocenters. The Bertz CT molecular complexity index is 524. The zero-order valence-corrected chi connectivity index (χ0v) is 10.2. The fraction of sp³-hybridized carbons (Fsp3) is 0.214. The Kier molecular flexibility index (Phi) is 4.15. The summed E-state index contributed by atoms with van der Waals surface area (Å²) < 4.78 is 10.4. The molecular formula is C14H15NO3. The minimum absolute atomic E-state index is 0.160. The third kappa shape index (κ3) is 3.21. The minimum Gasteiger partial charge on any atom is -0.457 e. The van der Waals surface area contributed by atoms with E-state index in [1.165, 1.54) is 6.08 Å². The quantitative estimate of drug-likeness (QED) is 0.649. The molecule has 94 valence electrons. The van der Waals surface area contributed by atoms with E-state index in [-0.39, 0.29) is 5.91 Å². The molecule has 18 heavy (non-hydrogen) atoms. The molecule has 2 rings (SSSR count). The number of nitrogens with one attached hydrogen (secondary N) is 1. The minimum atomic E-state index is -0.160. The van der Waals surface area contributed by atoms with Crippen LogP contribution in [-0.4, -0.2) is 26.2 Å². The van der Waals surface area contributed by atoms with Crippen molar-refractivity contribution in [2.75, 3.05) is 20.3 Å². The Morgan fingerprint density at radius 2 is 2.28 bits per heavy atom. The normalized spacial score (nSPS) is 11.2. The summed E-state index contributed by atoms with van der Waals surface area (Å²) in [6, 6.07) is 9.62. The Morgan fingerprint density at radius 1 is 1.44 bits per heavy atom. The van der Waals surface area contributed by atoms with Gasteiger partial charge in [-0.2, -0.15) is 0 Å². The van der Waals surface area contributed by atoms with Gasteiger partial charge in [0.05, 0.1) is 6.61 Å². The number of fused-ring (bicyclic) bond motifs is 1. The number of hydrogen-bond donors (Lipinski definition) is 1. The van der Waals surface area contributed by atoms with E-state index in [9.17, 15) is 4.79 Å². The number of rotatable bonds is 5. The molecule has 0 radical (unpaired) electrons. The highest BCUT2D eigenvalue weighted by molar-refractivity contribution is 5.92. The highest BCUT2D eigenvalue weighted by Gasteiger charge is 2.00. The monoisotopic (exact) mass is 245 g/mol. The third-order valence-corrected chi connectivity index (χ3v) is 2.45. The number of hydrogen-bond acceptors (Lipinski definition) is 3. The van der Waals surface area contributed by atoms with Gasteiger partial charge in [-0.15, -0.1) is 0 Å². The van der Waals surface area contributed by atoms with Crippen molar-refractivity contribution in [2.24, 2.45) is 0 Å². The standard InChI is InChI=1S/C14H15NO3/c1-17-9-8-15-14(16)7-6-12-10-11-4-2-3-5-13(11)18-12/h2-7,10H,8-9H2,1H3,(H,15,16)/b7-6+. The summed E-state index contributed by atoms with van der Waals surface area (Å²) in [5, 5.41) is 3.72. The van der Waals surface area contributed by atoms with E-state index in [1.54, 1.807) is 13.2 Å². The maximum Gasteiger partial charge on any atom is 0.244 e. The molecule has 1 N–H and O–H groups in total. The second-order valence-electron chi connectivity index (χ2n) is 3.80. The van der Waals surface area contributed by atoms with Gasteiger partial charge < -0.3 is 14.5 Å². The Morgan fingerprint density at radius 3 is 3.06 bits per heavy atom. The molecule has 2 aromatic rings. The van der Waals surface area contributed by atoms with Crippen molar-refractivity contribution in [1.82, 2.24) is 5.32 Å². The van der Waals surface area contributed by atoms with Crippen LogP contribution in [0.4, 0.5) is 0 Å². The van der Waals surface area contributed by atoms with Crippen molar-refractivity contribution in [3.63, 3.8) is 0 Å². The van der Waals surface area contributed by atoms with Gasteiger partial charge in [0.1, 0.15) is 11.3 Å². The lowest BCUT2D eigenvalue weighted by molar-refractivity contribution is -0.116. The molecule has 0 atom stereocenters. The summed E-state index contributed by atoms with van der Waals surface area (Å²) in [6.45, 7) is 1.00. The van der Waals surface area contributed by atoms with E-state index >= 15 is 0 Å². The highest BCUT2D eigenvalue weighted by atomic mass is 16.5. The summed E-state index contributed by atoms with van der Waals surface area (Å²) in [6.07, 6.45) is 3.11. The van der Waals surface area contributed by atoms with Crippen LogP contribution in [0.2, 0.25) is 0 Å². The van der Waals surface area contributed by atoms with Crippen LogP contribution in [0, 0.1) is 0 Å². The van der Waals surface area contributed by atoms with Gasteiger partial charge in [-0.05, 0) is 18.2 Å². The number of carbonyl (C=O) groups excluding carboxylic acids is 1. The van der Waals surface area contributed by atoms with Crippen LogP contribution in [0.5, 0.6) is 0 Å². The lowest BCUT2D eigenvalue weighted by Crippen LogP contribution is -2.24. The van der Waals surface area contributed by atoms with E-state index in [1.807, 2.05) is 30.3 Å². The summed E-state index contributed by atoms with van der Waals surface area (Å²) in [5.41, 5.74) is 0.817. The molecule has 4 nitrogen and oxygen atoms in total. The first-order chi connectivity index (χ1) is 8.79. The number of carbonyl (C=O) groups is 1. The van der Waals surface area contributed by atoms with Gasteiger partial charge in [0, 0.05) is 25.1 Å². The van der Waals surface area contributed by atoms with Gasteiger partial charge in [0.2, 0.25) is 5.91 Å². The molecule has 0 spiro atoms. The van der Waals surface area contributed by atoms with E-state index < -0.39 is 0 Å².